The summed E-state index contributed by atoms with van der Waals surface area (Å²) in [4.78, 5) is 0. The predicted octanol–water partition coefficient (Wildman–Crippen LogP) is 8.94. The normalized spacial score (nSPS) is 10.9. The topological polar surface area (TPSA) is 52.0 Å². The van der Waals surface area contributed by atoms with E-state index in [9.17, 15) is 10.5 Å². The Kier molecular flexibility index (Phi) is 5.33. The molecule has 7 aromatic rings. The summed E-state index contributed by atoms with van der Waals surface area (Å²) in [7, 11) is 0. The Morgan fingerprint density at radius 1 is 0.514 bits per heavy atom. The van der Waals surface area contributed by atoms with Gasteiger partial charge in [0, 0.05) is 21.5 Å². The molecule has 174 valence electrons. The summed E-state index contributed by atoms with van der Waals surface area (Å²) in [6.45, 7) is 4.00. The van der Waals surface area contributed by atoms with E-state index in [0.717, 1.165) is 43.7 Å². The van der Waals surface area contributed by atoms with E-state index in [1.807, 2.05) is 56.3 Å². The first-order valence-corrected chi connectivity index (χ1v) is 12.5. The molecule has 0 aliphatic carbocycles. The van der Waals surface area contributed by atoms with Crippen LogP contribution >= 0.6 is 0 Å². The standard InChI is InChI=1S/C32H17N3.C2H6/c33-18-20-10-12-26-28-16-23(25-9-5-4-8-24(25)22-6-2-1-3-7-22)17-29-27-13-11-21(19-34)15-31(27)35(32(28)29)30(26)14-20;1-2/h1-17H;1-2H3. The van der Waals surface area contributed by atoms with Crippen molar-refractivity contribution in [3.8, 4) is 34.4 Å². The van der Waals surface area contributed by atoms with Crippen LogP contribution in [0.25, 0.3) is 60.3 Å². The monoisotopic (exact) mass is 473 g/mol. The van der Waals surface area contributed by atoms with E-state index in [4.69, 9.17) is 0 Å². The van der Waals surface area contributed by atoms with Crippen LogP contribution in [0.5, 0.6) is 0 Å². The highest BCUT2D eigenvalue weighted by atomic mass is 14.9. The van der Waals surface area contributed by atoms with E-state index in [1.54, 1.807) is 0 Å². The highest BCUT2D eigenvalue weighted by Gasteiger charge is 2.20. The van der Waals surface area contributed by atoms with Crippen LogP contribution < -0.4 is 0 Å². The predicted molar refractivity (Wildman–Crippen MR) is 153 cm³/mol. The lowest BCUT2D eigenvalue weighted by Crippen LogP contribution is -1.85. The number of fused-ring (bicyclic) bond motifs is 6. The summed E-state index contributed by atoms with van der Waals surface area (Å²) in [6, 6.07) is 39.8. The van der Waals surface area contributed by atoms with Crippen molar-refractivity contribution in [2.75, 3.05) is 0 Å². The molecule has 0 spiro atoms. The van der Waals surface area contributed by atoms with Crippen molar-refractivity contribution in [2.45, 2.75) is 13.8 Å². The molecule has 37 heavy (non-hydrogen) atoms. The van der Waals surface area contributed by atoms with Crippen molar-refractivity contribution in [1.29, 1.82) is 10.5 Å². The fourth-order valence-electron chi connectivity index (χ4n) is 5.44. The molecule has 0 unspecified atom stereocenters. The first-order valence-electron chi connectivity index (χ1n) is 12.5. The molecule has 0 radical (unpaired) electrons. The second-order valence-corrected chi connectivity index (χ2v) is 8.85. The van der Waals surface area contributed by atoms with Crippen molar-refractivity contribution in [2.24, 2.45) is 0 Å². The molecule has 0 saturated heterocycles. The molecule has 0 amide bonds. The van der Waals surface area contributed by atoms with Gasteiger partial charge in [0.25, 0.3) is 0 Å². The third-order valence-corrected chi connectivity index (χ3v) is 6.97. The Morgan fingerprint density at radius 2 is 1.00 bits per heavy atom. The summed E-state index contributed by atoms with van der Waals surface area (Å²) >= 11 is 0. The zero-order valence-corrected chi connectivity index (χ0v) is 20.7. The Labute approximate surface area is 215 Å². The average molecular weight is 474 g/mol. The maximum Gasteiger partial charge on any atom is 0.0992 e. The molecule has 0 saturated carbocycles. The first kappa shape index (κ1) is 22.4. The molecule has 0 aliphatic rings. The van der Waals surface area contributed by atoms with Gasteiger partial charge in [0.15, 0.2) is 0 Å². The minimum Gasteiger partial charge on any atom is -0.308 e. The maximum absolute atomic E-state index is 9.56. The fourth-order valence-corrected chi connectivity index (χ4v) is 5.44. The van der Waals surface area contributed by atoms with E-state index in [-0.39, 0.29) is 0 Å². The number of hydrogen-bond acceptors (Lipinski definition) is 2. The number of nitriles is 2. The van der Waals surface area contributed by atoms with Gasteiger partial charge in [0.1, 0.15) is 0 Å². The molecule has 7 rings (SSSR count). The SMILES string of the molecule is CC.N#Cc1ccc2c3cc(-c4ccccc4-c4ccccc4)cc4c5ccc(C#N)cc5n(c2c1)c34. The van der Waals surface area contributed by atoms with Crippen LogP contribution in [0.4, 0.5) is 0 Å². The minimum atomic E-state index is 0.623. The molecule has 0 aliphatic heterocycles. The number of hydrogen-bond donors (Lipinski definition) is 0. The lowest BCUT2D eigenvalue weighted by atomic mass is 9.92. The summed E-state index contributed by atoms with van der Waals surface area (Å²) < 4.78 is 2.21. The van der Waals surface area contributed by atoms with Gasteiger partial charge in [-0.2, -0.15) is 10.5 Å². The van der Waals surface area contributed by atoms with Crippen LogP contribution in [-0.2, 0) is 0 Å². The molecule has 5 aromatic carbocycles. The molecule has 3 heteroatoms. The Bertz CT molecular complexity index is 1910. The highest BCUT2D eigenvalue weighted by molar-refractivity contribution is 6.24. The third kappa shape index (κ3) is 3.33. The Balaban J connectivity index is 0.00000123. The fraction of sp³-hybridized carbons (Fsp3) is 0.0588. The lowest BCUT2D eigenvalue weighted by molar-refractivity contribution is 1.36. The smallest absolute Gasteiger partial charge is 0.0992 e. The first-order chi connectivity index (χ1) is 18.3. The van der Waals surface area contributed by atoms with Gasteiger partial charge in [-0.3, -0.25) is 0 Å². The number of rotatable bonds is 2. The van der Waals surface area contributed by atoms with E-state index >= 15 is 0 Å². The van der Waals surface area contributed by atoms with Crippen molar-refractivity contribution in [1.82, 2.24) is 4.40 Å². The zero-order valence-electron chi connectivity index (χ0n) is 20.7. The van der Waals surface area contributed by atoms with Gasteiger partial charge < -0.3 is 4.40 Å². The summed E-state index contributed by atoms with van der Waals surface area (Å²) in [5, 5.41) is 23.6. The number of nitrogens with zero attached hydrogens (tertiary/aromatic N) is 3. The summed E-state index contributed by atoms with van der Waals surface area (Å²) in [6.07, 6.45) is 0. The molecule has 0 N–H and O–H groups in total. The van der Waals surface area contributed by atoms with Crippen LogP contribution in [0, 0.1) is 22.7 Å². The van der Waals surface area contributed by atoms with Gasteiger partial charge in [-0.05, 0) is 58.7 Å². The van der Waals surface area contributed by atoms with E-state index in [1.165, 1.54) is 16.7 Å². The van der Waals surface area contributed by atoms with Gasteiger partial charge in [-0.15, -0.1) is 0 Å². The Hall–Kier alpha value is -5.12. The molecule has 2 heterocycles. The zero-order chi connectivity index (χ0) is 25.5. The van der Waals surface area contributed by atoms with Crippen LogP contribution in [-0.4, -0.2) is 4.40 Å². The van der Waals surface area contributed by atoms with E-state index < -0.39 is 0 Å². The van der Waals surface area contributed by atoms with Crippen molar-refractivity contribution >= 4 is 38.1 Å². The number of aromatic nitrogens is 1. The molecule has 0 bridgehead atoms. The molecule has 2 aromatic heterocycles. The van der Waals surface area contributed by atoms with Gasteiger partial charge in [0.05, 0.1) is 39.8 Å². The van der Waals surface area contributed by atoms with Crippen LogP contribution in [0.15, 0.2) is 103 Å². The molecule has 0 fully saturated rings. The average Bonchev–Trinajstić information content (AvgIpc) is 3.49. The quantitative estimate of drug-likeness (QED) is 0.252. The van der Waals surface area contributed by atoms with Crippen molar-refractivity contribution in [3.63, 3.8) is 0 Å². The van der Waals surface area contributed by atoms with Crippen LogP contribution in [0.2, 0.25) is 0 Å². The second-order valence-electron chi connectivity index (χ2n) is 8.85. The summed E-state index contributed by atoms with van der Waals surface area (Å²) in [5.41, 5.74) is 9.04. The molecule has 3 nitrogen and oxygen atoms in total. The molecular formula is C34H23N3. The van der Waals surface area contributed by atoms with Crippen LogP contribution in [0.1, 0.15) is 25.0 Å². The molecular weight excluding hydrogens is 450 g/mol. The highest BCUT2D eigenvalue weighted by Crippen LogP contribution is 2.43. The molecule has 0 atom stereocenters. The largest absolute Gasteiger partial charge is 0.308 e. The lowest BCUT2D eigenvalue weighted by Gasteiger charge is -2.11. The minimum absolute atomic E-state index is 0.623. The second kappa shape index (κ2) is 8.83. The van der Waals surface area contributed by atoms with Gasteiger partial charge in [-0.1, -0.05) is 80.6 Å². The van der Waals surface area contributed by atoms with Gasteiger partial charge in [0.2, 0.25) is 0 Å². The van der Waals surface area contributed by atoms with Gasteiger partial charge >= 0.3 is 0 Å². The van der Waals surface area contributed by atoms with Crippen LogP contribution in [0.3, 0.4) is 0 Å². The van der Waals surface area contributed by atoms with Crippen molar-refractivity contribution in [3.05, 3.63) is 114 Å². The summed E-state index contributed by atoms with van der Waals surface area (Å²) in [5.74, 6) is 0. The third-order valence-electron chi connectivity index (χ3n) is 6.97. The van der Waals surface area contributed by atoms with E-state index in [0.29, 0.717) is 11.1 Å². The van der Waals surface area contributed by atoms with Crippen molar-refractivity contribution < 1.29 is 0 Å². The Morgan fingerprint density at radius 3 is 1.51 bits per heavy atom. The van der Waals surface area contributed by atoms with Gasteiger partial charge in [-0.25, -0.2) is 0 Å². The number of benzene rings is 5. The maximum atomic E-state index is 9.56. The van der Waals surface area contributed by atoms with E-state index in [2.05, 4.69) is 77.2 Å².